The normalized spacial score (nSPS) is 45.0. The van der Waals surface area contributed by atoms with Crippen molar-refractivity contribution >= 4 is 6.21 Å². The molecule has 0 bridgehead atoms. The predicted octanol–water partition coefficient (Wildman–Crippen LogP) is 5.08. The molecule has 0 aromatic rings. The van der Waals surface area contributed by atoms with Crippen LogP contribution in [0, 0.1) is 34.5 Å². The summed E-state index contributed by atoms with van der Waals surface area (Å²) < 4.78 is 0. The van der Waals surface area contributed by atoms with Crippen molar-refractivity contribution in [2.75, 3.05) is 13.2 Å². The lowest BCUT2D eigenvalue weighted by Gasteiger charge is -2.58. The Morgan fingerprint density at radius 1 is 1.15 bits per heavy atom. The van der Waals surface area contributed by atoms with E-state index in [1.54, 1.807) is 11.1 Å². The summed E-state index contributed by atoms with van der Waals surface area (Å²) in [7, 11) is 0. The van der Waals surface area contributed by atoms with Gasteiger partial charge in [-0.1, -0.05) is 42.8 Å². The molecule has 4 aliphatic rings. The van der Waals surface area contributed by atoms with E-state index < -0.39 is 0 Å². The summed E-state index contributed by atoms with van der Waals surface area (Å²) in [5.74, 6) is 3.11. The largest absolute Gasteiger partial charge is 0.395 e. The van der Waals surface area contributed by atoms with Crippen LogP contribution in [0.5, 0.6) is 0 Å². The van der Waals surface area contributed by atoms with Gasteiger partial charge in [0, 0.05) is 12.5 Å². The zero-order chi connectivity index (χ0) is 18.4. The molecule has 3 saturated carbocycles. The molecule has 144 valence electrons. The van der Waals surface area contributed by atoms with Gasteiger partial charge in [-0.3, -0.25) is 0 Å². The third kappa shape index (κ3) is 2.78. The summed E-state index contributed by atoms with van der Waals surface area (Å²) in [5.41, 5.74) is 9.56. The van der Waals surface area contributed by atoms with E-state index in [2.05, 4.69) is 31.7 Å². The smallest absolute Gasteiger partial charge is 0.129 e. The van der Waals surface area contributed by atoms with Gasteiger partial charge in [-0.15, -0.1) is 0 Å². The van der Waals surface area contributed by atoms with Crippen molar-refractivity contribution in [3.05, 3.63) is 23.8 Å². The Morgan fingerprint density at radius 3 is 2.73 bits per heavy atom. The molecule has 3 unspecified atom stereocenters. The predicted molar refractivity (Wildman–Crippen MR) is 108 cm³/mol. The van der Waals surface area contributed by atoms with E-state index in [9.17, 15) is 0 Å². The number of hydrogen-bond donors (Lipinski definition) is 1. The number of nitrogens with zero attached hydrogens (tertiary/aromatic N) is 1. The van der Waals surface area contributed by atoms with Crippen LogP contribution in [-0.4, -0.2) is 19.4 Å². The fraction of sp³-hybridized carbons (Fsp3) is 0.783. The standard InChI is InChI=1S/C23H36N2O/c1-16-4-7-20-19-6-5-18-14-17(15-25-26-13-12-24)8-10-23(18,3)21(19)9-11-22(16,20)2/h14-15,17,19-21H,1,4-13,24H2,2-3H3/t17-,19?,20?,21?,22+,23-/m0/s1. The van der Waals surface area contributed by atoms with Gasteiger partial charge >= 0.3 is 0 Å². The molecule has 0 heterocycles. The lowest BCUT2D eigenvalue weighted by molar-refractivity contribution is -0.0263. The Hall–Kier alpha value is -1.09. The molecule has 0 saturated heterocycles. The SMILES string of the molecule is C=C1CCC2C3CCC4=C[C@@H](C=NOCCN)CC[C@]4(C)C3CC[C@]12C. The second kappa shape index (κ2) is 6.82. The third-order valence-corrected chi connectivity index (χ3v) is 8.64. The van der Waals surface area contributed by atoms with Gasteiger partial charge in [-0.25, -0.2) is 0 Å². The molecule has 6 atom stereocenters. The Bertz CT molecular complexity index is 624. The third-order valence-electron chi connectivity index (χ3n) is 8.64. The Kier molecular flexibility index (Phi) is 4.79. The van der Waals surface area contributed by atoms with Gasteiger partial charge in [0.2, 0.25) is 0 Å². The van der Waals surface area contributed by atoms with Gasteiger partial charge in [0.25, 0.3) is 0 Å². The van der Waals surface area contributed by atoms with Gasteiger partial charge < -0.3 is 10.6 Å². The molecule has 4 aliphatic carbocycles. The minimum absolute atomic E-state index is 0.413. The Balaban J connectivity index is 1.52. The number of fused-ring (bicyclic) bond motifs is 5. The number of allylic oxidation sites excluding steroid dienone is 3. The van der Waals surface area contributed by atoms with Crippen LogP contribution in [0.25, 0.3) is 0 Å². The van der Waals surface area contributed by atoms with Gasteiger partial charge in [0.05, 0.1) is 6.21 Å². The summed E-state index contributed by atoms with van der Waals surface area (Å²) in [6.07, 6.45) is 15.1. The highest BCUT2D eigenvalue weighted by atomic mass is 16.6. The maximum Gasteiger partial charge on any atom is 0.129 e. The molecule has 2 N–H and O–H groups in total. The van der Waals surface area contributed by atoms with Crippen molar-refractivity contribution in [2.45, 2.75) is 65.2 Å². The summed E-state index contributed by atoms with van der Waals surface area (Å²) in [5, 5.41) is 4.13. The topological polar surface area (TPSA) is 47.6 Å². The second-order valence-corrected chi connectivity index (χ2v) is 9.70. The first-order valence-corrected chi connectivity index (χ1v) is 10.7. The number of rotatable bonds is 4. The van der Waals surface area contributed by atoms with Gasteiger partial charge in [-0.05, 0) is 80.0 Å². The van der Waals surface area contributed by atoms with Gasteiger partial charge in [-0.2, -0.15) is 0 Å². The lowest BCUT2D eigenvalue weighted by Crippen LogP contribution is -2.49. The molecular formula is C23H36N2O. The van der Waals surface area contributed by atoms with E-state index in [4.69, 9.17) is 10.6 Å². The number of oxime groups is 1. The van der Waals surface area contributed by atoms with Crippen molar-refractivity contribution in [2.24, 2.45) is 45.4 Å². The molecule has 0 spiro atoms. The molecule has 26 heavy (non-hydrogen) atoms. The lowest BCUT2D eigenvalue weighted by atomic mass is 9.47. The highest BCUT2D eigenvalue weighted by Gasteiger charge is 2.57. The van der Waals surface area contributed by atoms with E-state index in [0.29, 0.717) is 29.9 Å². The molecule has 3 heteroatoms. The van der Waals surface area contributed by atoms with Crippen molar-refractivity contribution in [1.82, 2.24) is 0 Å². The van der Waals surface area contributed by atoms with Crippen LogP contribution in [-0.2, 0) is 4.84 Å². The first-order chi connectivity index (χ1) is 12.5. The second-order valence-electron chi connectivity index (χ2n) is 9.70. The van der Waals surface area contributed by atoms with E-state index in [1.165, 1.54) is 51.4 Å². The average Bonchev–Trinajstić information content (AvgIpc) is 2.94. The van der Waals surface area contributed by atoms with Crippen LogP contribution in [0.2, 0.25) is 0 Å². The minimum Gasteiger partial charge on any atom is -0.395 e. The first-order valence-electron chi connectivity index (χ1n) is 10.7. The summed E-state index contributed by atoms with van der Waals surface area (Å²) in [6, 6.07) is 0. The molecule has 0 aliphatic heterocycles. The molecule has 4 rings (SSSR count). The van der Waals surface area contributed by atoms with Crippen LogP contribution in [0.15, 0.2) is 29.0 Å². The van der Waals surface area contributed by atoms with Crippen LogP contribution in [0.3, 0.4) is 0 Å². The van der Waals surface area contributed by atoms with Crippen LogP contribution in [0.1, 0.15) is 65.2 Å². The van der Waals surface area contributed by atoms with Gasteiger partial charge in [0.1, 0.15) is 6.61 Å². The van der Waals surface area contributed by atoms with Crippen molar-refractivity contribution in [1.29, 1.82) is 0 Å². The van der Waals surface area contributed by atoms with Crippen molar-refractivity contribution in [3.8, 4) is 0 Å². The Morgan fingerprint density at radius 2 is 1.92 bits per heavy atom. The zero-order valence-electron chi connectivity index (χ0n) is 16.7. The van der Waals surface area contributed by atoms with E-state index in [0.717, 1.165) is 17.8 Å². The number of nitrogens with two attached hydrogens (primary N) is 1. The summed E-state index contributed by atoms with van der Waals surface area (Å²) in [4.78, 5) is 5.21. The molecule has 3 nitrogen and oxygen atoms in total. The van der Waals surface area contributed by atoms with Gasteiger partial charge in [0.15, 0.2) is 0 Å². The molecule has 3 fully saturated rings. The maximum absolute atomic E-state index is 5.45. The van der Waals surface area contributed by atoms with E-state index >= 15 is 0 Å². The molecule has 0 radical (unpaired) electrons. The Labute approximate surface area is 159 Å². The molecule has 0 aromatic carbocycles. The van der Waals surface area contributed by atoms with E-state index in [-0.39, 0.29) is 0 Å². The van der Waals surface area contributed by atoms with Crippen LogP contribution < -0.4 is 5.73 Å². The molecule has 0 amide bonds. The maximum atomic E-state index is 5.45. The molecular weight excluding hydrogens is 320 g/mol. The fourth-order valence-corrected chi connectivity index (χ4v) is 7.01. The van der Waals surface area contributed by atoms with Crippen LogP contribution >= 0.6 is 0 Å². The quantitative estimate of drug-likeness (QED) is 0.330. The van der Waals surface area contributed by atoms with Crippen LogP contribution in [0.4, 0.5) is 0 Å². The monoisotopic (exact) mass is 356 g/mol. The first kappa shape index (κ1) is 18.3. The number of hydrogen-bond acceptors (Lipinski definition) is 3. The average molecular weight is 357 g/mol. The highest BCUT2D eigenvalue weighted by molar-refractivity contribution is 5.63. The minimum atomic E-state index is 0.413. The fourth-order valence-electron chi connectivity index (χ4n) is 7.01. The molecule has 0 aromatic heterocycles. The zero-order valence-corrected chi connectivity index (χ0v) is 16.7. The van der Waals surface area contributed by atoms with Crippen molar-refractivity contribution in [3.63, 3.8) is 0 Å². The van der Waals surface area contributed by atoms with Crippen molar-refractivity contribution < 1.29 is 4.84 Å². The highest BCUT2D eigenvalue weighted by Crippen LogP contribution is 2.66. The van der Waals surface area contributed by atoms with E-state index in [1.807, 2.05) is 6.21 Å². The summed E-state index contributed by atoms with van der Waals surface area (Å²) >= 11 is 0. The summed E-state index contributed by atoms with van der Waals surface area (Å²) in [6.45, 7) is 10.6.